The number of nitrogens with zero attached hydrogens (tertiary/aromatic N) is 3. The fraction of sp³-hybridized carbons (Fsp3) is 0.250. The van der Waals surface area contributed by atoms with Gasteiger partial charge in [-0.15, -0.1) is 0 Å². The summed E-state index contributed by atoms with van der Waals surface area (Å²) in [6, 6.07) is 8.04. The first-order valence-electron chi connectivity index (χ1n) is 5.25. The molecule has 0 aliphatic rings. The van der Waals surface area contributed by atoms with Crippen molar-refractivity contribution in [3.8, 4) is 0 Å². The van der Waals surface area contributed by atoms with Gasteiger partial charge in [0.1, 0.15) is 6.33 Å². The van der Waals surface area contributed by atoms with Crippen LogP contribution in [0.1, 0.15) is 24.4 Å². The van der Waals surface area contributed by atoms with Crippen molar-refractivity contribution in [2.24, 2.45) is 0 Å². The first-order chi connectivity index (χ1) is 7.86. The van der Waals surface area contributed by atoms with Crippen LogP contribution in [0.15, 0.2) is 43.0 Å². The molecule has 0 bridgehead atoms. The standard InChI is InChI=1S/C12H14N4/c1-10(12-4-2-3-6-14-12)15-8-11-5-7-13-9-16-11/h2-7,9-10,15H,8H2,1H3/t10-/m1/s1. The largest absolute Gasteiger partial charge is 0.303 e. The predicted octanol–water partition coefficient (Wildman–Crippen LogP) is 1.72. The van der Waals surface area contributed by atoms with Crippen LogP contribution in [0.4, 0.5) is 0 Å². The van der Waals surface area contributed by atoms with E-state index in [0.29, 0.717) is 0 Å². The zero-order chi connectivity index (χ0) is 11.2. The number of aromatic nitrogens is 3. The smallest absolute Gasteiger partial charge is 0.115 e. The lowest BCUT2D eigenvalue weighted by Gasteiger charge is -2.12. The number of rotatable bonds is 4. The second kappa shape index (κ2) is 5.32. The Morgan fingerprint density at radius 1 is 1.19 bits per heavy atom. The Kier molecular flexibility index (Phi) is 3.56. The first kappa shape index (κ1) is 10.7. The molecule has 2 aromatic rings. The van der Waals surface area contributed by atoms with Gasteiger partial charge in [0.15, 0.2) is 0 Å². The molecular weight excluding hydrogens is 200 g/mol. The molecule has 1 atom stereocenters. The lowest BCUT2D eigenvalue weighted by atomic mass is 10.2. The molecule has 2 aromatic heterocycles. The van der Waals surface area contributed by atoms with Gasteiger partial charge in [0.2, 0.25) is 0 Å². The molecule has 0 saturated heterocycles. The molecule has 0 saturated carbocycles. The lowest BCUT2D eigenvalue weighted by molar-refractivity contribution is 0.554. The van der Waals surface area contributed by atoms with Gasteiger partial charge in [0.05, 0.1) is 11.4 Å². The second-order valence-electron chi connectivity index (χ2n) is 3.56. The maximum atomic E-state index is 4.30. The summed E-state index contributed by atoms with van der Waals surface area (Å²) < 4.78 is 0. The third-order valence-corrected chi connectivity index (χ3v) is 2.36. The Bertz CT molecular complexity index is 416. The molecule has 0 aromatic carbocycles. The van der Waals surface area contributed by atoms with Crippen molar-refractivity contribution in [1.82, 2.24) is 20.3 Å². The van der Waals surface area contributed by atoms with Crippen LogP contribution in [-0.2, 0) is 6.54 Å². The molecule has 0 fully saturated rings. The second-order valence-corrected chi connectivity index (χ2v) is 3.56. The van der Waals surface area contributed by atoms with Gasteiger partial charge in [-0.2, -0.15) is 0 Å². The number of hydrogen-bond donors (Lipinski definition) is 1. The van der Waals surface area contributed by atoms with Crippen LogP contribution in [0.3, 0.4) is 0 Å². The van der Waals surface area contributed by atoms with Crippen LogP contribution in [0.5, 0.6) is 0 Å². The normalized spacial score (nSPS) is 12.3. The highest BCUT2D eigenvalue weighted by molar-refractivity contribution is 5.08. The third-order valence-electron chi connectivity index (χ3n) is 2.36. The van der Waals surface area contributed by atoms with Crippen molar-refractivity contribution in [3.63, 3.8) is 0 Å². The molecule has 0 unspecified atom stereocenters. The van der Waals surface area contributed by atoms with E-state index in [9.17, 15) is 0 Å². The van der Waals surface area contributed by atoms with Gasteiger partial charge in [-0.05, 0) is 25.1 Å². The van der Waals surface area contributed by atoms with Crippen LogP contribution in [0, 0.1) is 0 Å². The Hall–Kier alpha value is -1.81. The molecule has 16 heavy (non-hydrogen) atoms. The molecule has 82 valence electrons. The molecule has 0 aliphatic heterocycles. The van der Waals surface area contributed by atoms with Gasteiger partial charge >= 0.3 is 0 Å². The predicted molar refractivity (Wildman–Crippen MR) is 61.5 cm³/mol. The fourth-order valence-electron chi connectivity index (χ4n) is 1.42. The van der Waals surface area contributed by atoms with E-state index in [0.717, 1.165) is 17.9 Å². The number of pyridine rings is 1. The van der Waals surface area contributed by atoms with Gasteiger partial charge in [-0.25, -0.2) is 9.97 Å². The van der Waals surface area contributed by atoms with Crippen molar-refractivity contribution in [2.75, 3.05) is 0 Å². The molecule has 0 aliphatic carbocycles. The van der Waals surface area contributed by atoms with Crippen molar-refractivity contribution in [1.29, 1.82) is 0 Å². The van der Waals surface area contributed by atoms with Crippen LogP contribution < -0.4 is 5.32 Å². The van der Waals surface area contributed by atoms with Crippen molar-refractivity contribution < 1.29 is 0 Å². The first-order valence-corrected chi connectivity index (χ1v) is 5.25. The zero-order valence-corrected chi connectivity index (χ0v) is 9.17. The number of nitrogens with one attached hydrogen (secondary N) is 1. The minimum absolute atomic E-state index is 0.219. The van der Waals surface area contributed by atoms with Crippen molar-refractivity contribution >= 4 is 0 Å². The molecule has 2 rings (SSSR count). The Balaban J connectivity index is 1.92. The zero-order valence-electron chi connectivity index (χ0n) is 9.17. The molecule has 2 heterocycles. The fourth-order valence-corrected chi connectivity index (χ4v) is 1.42. The Labute approximate surface area is 94.8 Å². The van der Waals surface area contributed by atoms with E-state index in [1.54, 1.807) is 18.7 Å². The minimum atomic E-state index is 0.219. The molecule has 4 nitrogen and oxygen atoms in total. The molecule has 0 radical (unpaired) electrons. The summed E-state index contributed by atoms with van der Waals surface area (Å²) in [6.07, 6.45) is 5.11. The van der Waals surface area contributed by atoms with E-state index in [2.05, 4.69) is 27.2 Å². The average Bonchev–Trinajstić information content (AvgIpc) is 2.38. The minimum Gasteiger partial charge on any atom is -0.303 e. The quantitative estimate of drug-likeness (QED) is 0.842. The Morgan fingerprint density at radius 2 is 2.12 bits per heavy atom. The highest BCUT2D eigenvalue weighted by Crippen LogP contribution is 2.08. The van der Waals surface area contributed by atoms with Gasteiger partial charge in [0, 0.05) is 25.0 Å². The Morgan fingerprint density at radius 3 is 2.81 bits per heavy atom. The summed E-state index contributed by atoms with van der Waals surface area (Å²) >= 11 is 0. The topological polar surface area (TPSA) is 50.7 Å². The monoisotopic (exact) mass is 214 g/mol. The summed E-state index contributed by atoms with van der Waals surface area (Å²) in [6.45, 7) is 2.81. The molecule has 0 amide bonds. The van der Waals surface area contributed by atoms with E-state index in [4.69, 9.17) is 0 Å². The van der Waals surface area contributed by atoms with Gasteiger partial charge in [-0.1, -0.05) is 6.07 Å². The van der Waals surface area contributed by atoms with Gasteiger partial charge in [-0.3, -0.25) is 4.98 Å². The third kappa shape index (κ3) is 2.84. The van der Waals surface area contributed by atoms with Crippen LogP contribution in [0.25, 0.3) is 0 Å². The van der Waals surface area contributed by atoms with E-state index in [1.807, 2.05) is 24.3 Å². The van der Waals surface area contributed by atoms with E-state index < -0.39 is 0 Å². The highest BCUT2D eigenvalue weighted by atomic mass is 15.0. The van der Waals surface area contributed by atoms with E-state index in [1.165, 1.54) is 0 Å². The maximum absolute atomic E-state index is 4.30. The molecular formula is C12H14N4. The van der Waals surface area contributed by atoms with Crippen molar-refractivity contribution in [2.45, 2.75) is 19.5 Å². The van der Waals surface area contributed by atoms with Gasteiger partial charge < -0.3 is 5.32 Å². The van der Waals surface area contributed by atoms with E-state index in [-0.39, 0.29) is 6.04 Å². The summed E-state index contributed by atoms with van der Waals surface area (Å²) in [4.78, 5) is 12.3. The number of hydrogen-bond acceptors (Lipinski definition) is 4. The van der Waals surface area contributed by atoms with Crippen LogP contribution >= 0.6 is 0 Å². The molecule has 1 N–H and O–H groups in total. The SMILES string of the molecule is C[C@@H](NCc1ccncn1)c1ccccn1. The van der Waals surface area contributed by atoms with Crippen molar-refractivity contribution in [3.05, 3.63) is 54.4 Å². The van der Waals surface area contributed by atoms with Gasteiger partial charge in [0.25, 0.3) is 0 Å². The molecule has 0 spiro atoms. The van der Waals surface area contributed by atoms with Crippen LogP contribution in [0.2, 0.25) is 0 Å². The summed E-state index contributed by atoms with van der Waals surface area (Å²) in [5, 5.41) is 3.36. The summed E-state index contributed by atoms with van der Waals surface area (Å²) in [5.41, 5.74) is 2.02. The average molecular weight is 214 g/mol. The maximum Gasteiger partial charge on any atom is 0.115 e. The summed E-state index contributed by atoms with van der Waals surface area (Å²) in [5.74, 6) is 0. The summed E-state index contributed by atoms with van der Waals surface area (Å²) in [7, 11) is 0. The highest BCUT2D eigenvalue weighted by Gasteiger charge is 2.05. The lowest BCUT2D eigenvalue weighted by Crippen LogP contribution is -2.19. The van der Waals surface area contributed by atoms with Crippen LogP contribution in [-0.4, -0.2) is 15.0 Å². The van der Waals surface area contributed by atoms with E-state index >= 15 is 0 Å². The molecule has 4 heteroatoms.